The van der Waals surface area contributed by atoms with Crippen LogP contribution in [0.3, 0.4) is 0 Å². The third-order valence-corrected chi connectivity index (χ3v) is 7.98. The predicted molar refractivity (Wildman–Crippen MR) is 146 cm³/mol. The van der Waals surface area contributed by atoms with Gasteiger partial charge in [0.05, 0.1) is 32.1 Å². The van der Waals surface area contributed by atoms with Crippen molar-refractivity contribution in [2.45, 2.75) is 38.1 Å². The molecule has 2 amide bonds. The zero-order valence-corrected chi connectivity index (χ0v) is 22.6. The summed E-state index contributed by atoms with van der Waals surface area (Å²) in [5, 5.41) is 6.09. The van der Waals surface area contributed by atoms with Crippen LogP contribution in [0.4, 0.5) is 4.39 Å². The van der Waals surface area contributed by atoms with Crippen molar-refractivity contribution in [2.24, 2.45) is 11.0 Å². The van der Waals surface area contributed by atoms with E-state index in [0.717, 1.165) is 44.3 Å². The molecule has 0 aromatic heterocycles. The predicted octanol–water partition coefficient (Wildman–Crippen LogP) is 3.86. The highest BCUT2D eigenvalue weighted by molar-refractivity contribution is 6.03. The van der Waals surface area contributed by atoms with Crippen molar-refractivity contribution >= 4 is 17.5 Å². The Kier molecular flexibility index (Phi) is 8.88. The fourth-order valence-electron chi connectivity index (χ4n) is 5.80. The lowest BCUT2D eigenvalue weighted by Gasteiger charge is -2.32. The second-order valence-electron chi connectivity index (χ2n) is 10.4. The first-order valence-electron chi connectivity index (χ1n) is 13.9. The molecule has 0 radical (unpaired) electrons. The molecule has 1 saturated carbocycles. The van der Waals surface area contributed by atoms with Gasteiger partial charge >= 0.3 is 0 Å². The number of hydrogen-bond donors (Lipinski definition) is 0. The van der Waals surface area contributed by atoms with Gasteiger partial charge in [-0.05, 0) is 25.0 Å². The summed E-state index contributed by atoms with van der Waals surface area (Å²) in [4.78, 5) is 31.5. The number of carbonyl (C=O) groups excluding carboxylic acids is 2. The van der Waals surface area contributed by atoms with Gasteiger partial charge in [0, 0.05) is 49.6 Å². The van der Waals surface area contributed by atoms with Gasteiger partial charge in [0.25, 0.3) is 5.91 Å². The van der Waals surface area contributed by atoms with Gasteiger partial charge in [-0.15, -0.1) is 0 Å². The summed E-state index contributed by atoms with van der Waals surface area (Å²) in [6.45, 7) is 4.08. The Balaban J connectivity index is 1.41. The van der Waals surface area contributed by atoms with Crippen LogP contribution in [-0.4, -0.2) is 85.4 Å². The van der Waals surface area contributed by atoms with Crippen molar-refractivity contribution in [3.63, 3.8) is 0 Å². The van der Waals surface area contributed by atoms with Crippen LogP contribution in [0.25, 0.3) is 0 Å². The van der Waals surface area contributed by atoms with Gasteiger partial charge in [0.2, 0.25) is 5.91 Å². The summed E-state index contributed by atoms with van der Waals surface area (Å²) in [5.74, 6) is -0.0288. The van der Waals surface area contributed by atoms with Crippen molar-refractivity contribution < 1.29 is 23.5 Å². The lowest BCUT2D eigenvalue weighted by Crippen LogP contribution is -2.48. The van der Waals surface area contributed by atoms with Crippen LogP contribution in [0.1, 0.15) is 49.3 Å². The third-order valence-electron chi connectivity index (χ3n) is 7.98. The summed E-state index contributed by atoms with van der Waals surface area (Å²) in [7, 11) is 1.59. The largest absolute Gasteiger partial charge is 0.496 e. The average molecular weight is 537 g/mol. The maximum Gasteiger partial charge on any atom is 0.262 e. The van der Waals surface area contributed by atoms with Crippen molar-refractivity contribution in [3.05, 3.63) is 65.5 Å². The molecular formula is C30H37FN4O4. The van der Waals surface area contributed by atoms with Crippen molar-refractivity contribution in [1.29, 1.82) is 0 Å². The molecule has 0 unspecified atom stereocenters. The Bertz CT molecular complexity index is 1190. The monoisotopic (exact) mass is 536 g/mol. The first-order chi connectivity index (χ1) is 19.0. The van der Waals surface area contributed by atoms with E-state index < -0.39 is 6.04 Å². The van der Waals surface area contributed by atoms with Crippen LogP contribution in [0.15, 0.2) is 53.6 Å². The molecule has 5 rings (SSSR count). The third kappa shape index (κ3) is 6.31. The van der Waals surface area contributed by atoms with Crippen LogP contribution in [0, 0.1) is 11.7 Å². The molecule has 8 nitrogen and oxygen atoms in total. The number of hydrogen-bond acceptors (Lipinski definition) is 6. The number of amides is 2. The number of para-hydroxylation sites is 1. The number of nitrogens with zero attached hydrogens (tertiary/aromatic N) is 4. The first-order valence-corrected chi connectivity index (χ1v) is 13.9. The summed E-state index contributed by atoms with van der Waals surface area (Å²) in [6, 6.07) is 13.5. The van der Waals surface area contributed by atoms with Crippen LogP contribution >= 0.6 is 0 Å². The number of halogens is 1. The molecule has 1 aliphatic carbocycles. The summed E-state index contributed by atoms with van der Waals surface area (Å²) >= 11 is 0. The maximum absolute atomic E-state index is 14.7. The minimum atomic E-state index is -0.467. The minimum Gasteiger partial charge on any atom is -0.496 e. The van der Waals surface area contributed by atoms with Gasteiger partial charge in [-0.25, -0.2) is 9.40 Å². The van der Waals surface area contributed by atoms with Crippen LogP contribution in [-0.2, 0) is 14.3 Å². The second kappa shape index (κ2) is 12.7. The van der Waals surface area contributed by atoms with E-state index in [9.17, 15) is 14.0 Å². The van der Waals surface area contributed by atoms with E-state index >= 15 is 0 Å². The Hall–Kier alpha value is -3.30. The molecule has 2 aromatic rings. The Morgan fingerprint density at radius 2 is 1.79 bits per heavy atom. The van der Waals surface area contributed by atoms with Gasteiger partial charge in [0.15, 0.2) is 0 Å². The molecule has 9 heteroatoms. The SMILES string of the molecule is COc1ccccc1[C@H]1CC(c2ccccc2F)=NN1C(=O)CN(CCN1CCOCC1)C(=O)C1CCCC1. The molecule has 1 atom stereocenters. The van der Waals surface area contributed by atoms with Crippen molar-refractivity contribution in [3.8, 4) is 5.75 Å². The number of ether oxygens (including phenoxy) is 2. The van der Waals surface area contributed by atoms with E-state index in [4.69, 9.17) is 9.47 Å². The van der Waals surface area contributed by atoms with E-state index in [1.165, 1.54) is 11.1 Å². The van der Waals surface area contributed by atoms with Crippen molar-refractivity contribution in [1.82, 2.24) is 14.8 Å². The van der Waals surface area contributed by atoms with Gasteiger partial charge in [0.1, 0.15) is 18.1 Å². The average Bonchev–Trinajstić information content (AvgIpc) is 3.67. The van der Waals surface area contributed by atoms with Crippen molar-refractivity contribution in [2.75, 3.05) is 53.0 Å². The van der Waals surface area contributed by atoms with E-state index in [2.05, 4.69) is 10.0 Å². The summed E-state index contributed by atoms with van der Waals surface area (Å²) in [6.07, 6.45) is 4.16. The highest BCUT2D eigenvalue weighted by Crippen LogP contribution is 2.38. The molecule has 0 bridgehead atoms. The van der Waals surface area contributed by atoms with E-state index in [-0.39, 0.29) is 30.1 Å². The molecule has 2 aromatic carbocycles. The first kappa shape index (κ1) is 27.3. The molecule has 39 heavy (non-hydrogen) atoms. The lowest BCUT2D eigenvalue weighted by molar-refractivity contribution is -0.144. The number of hydrazone groups is 1. The Morgan fingerprint density at radius 1 is 1.08 bits per heavy atom. The van der Waals surface area contributed by atoms with Gasteiger partial charge in [-0.2, -0.15) is 5.10 Å². The van der Waals surface area contributed by atoms with Gasteiger partial charge in [-0.3, -0.25) is 14.5 Å². The fourth-order valence-corrected chi connectivity index (χ4v) is 5.80. The molecule has 1 saturated heterocycles. The molecule has 208 valence electrons. The summed E-state index contributed by atoms with van der Waals surface area (Å²) < 4.78 is 25.8. The van der Waals surface area contributed by atoms with E-state index in [0.29, 0.717) is 49.7 Å². The van der Waals surface area contributed by atoms with Crippen LogP contribution in [0.2, 0.25) is 0 Å². The number of rotatable bonds is 9. The maximum atomic E-state index is 14.7. The van der Waals surface area contributed by atoms with Gasteiger partial charge < -0.3 is 14.4 Å². The Morgan fingerprint density at radius 3 is 2.54 bits per heavy atom. The van der Waals surface area contributed by atoms with E-state index in [1.807, 2.05) is 24.3 Å². The standard InChI is InChI=1S/C30H37FN4O4/c1-38-28-13-7-5-11-24(28)27-20-26(23-10-4-6-12-25(23)31)32-35(27)29(36)21-34(30(37)22-8-2-3-9-22)15-14-33-16-18-39-19-17-33/h4-7,10-13,22,27H,2-3,8-9,14-21H2,1H3/t27-/m1/s1. The molecule has 2 aliphatic heterocycles. The number of morpholine rings is 1. The molecule has 3 aliphatic rings. The zero-order valence-electron chi connectivity index (χ0n) is 22.6. The highest BCUT2D eigenvalue weighted by Gasteiger charge is 2.37. The fraction of sp³-hybridized carbons (Fsp3) is 0.500. The molecule has 0 N–H and O–H groups in total. The topological polar surface area (TPSA) is 74.7 Å². The smallest absolute Gasteiger partial charge is 0.262 e. The quantitative estimate of drug-likeness (QED) is 0.487. The number of benzene rings is 2. The van der Waals surface area contributed by atoms with Gasteiger partial charge in [-0.1, -0.05) is 49.2 Å². The molecule has 2 fully saturated rings. The second-order valence-corrected chi connectivity index (χ2v) is 10.4. The number of carbonyl (C=O) groups is 2. The van der Waals surface area contributed by atoms with Crippen LogP contribution in [0.5, 0.6) is 5.75 Å². The molecule has 2 heterocycles. The lowest BCUT2D eigenvalue weighted by atomic mass is 9.97. The molecular weight excluding hydrogens is 499 g/mol. The minimum absolute atomic E-state index is 0.0384. The number of methoxy groups -OCH3 is 1. The highest BCUT2D eigenvalue weighted by atomic mass is 19.1. The summed E-state index contributed by atoms with van der Waals surface area (Å²) in [5.41, 5.74) is 1.67. The van der Waals surface area contributed by atoms with Crippen LogP contribution < -0.4 is 4.74 Å². The molecule has 0 spiro atoms. The zero-order chi connectivity index (χ0) is 27.2. The van der Waals surface area contributed by atoms with E-state index in [1.54, 1.807) is 30.2 Å². The Labute approximate surface area is 229 Å². The normalized spacial score (nSPS) is 20.2.